The molecule has 0 unspecified atom stereocenters. The number of hydrogen-bond donors (Lipinski definition) is 0. The first-order valence-electron chi connectivity index (χ1n) is 13.1. The zero-order chi connectivity index (χ0) is 25.9. The van der Waals surface area contributed by atoms with Gasteiger partial charge in [-0.25, -0.2) is 0 Å². The molecule has 0 bridgehead atoms. The van der Waals surface area contributed by atoms with E-state index in [4.69, 9.17) is 25.8 Å². The number of piperidine rings is 1. The molecule has 5 rings (SSSR count). The van der Waals surface area contributed by atoms with Gasteiger partial charge in [-0.2, -0.15) is 5.10 Å². The van der Waals surface area contributed by atoms with Crippen LogP contribution in [0, 0.1) is 5.92 Å². The summed E-state index contributed by atoms with van der Waals surface area (Å²) in [5.74, 6) is 1.47. The van der Waals surface area contributed by atoms with Gasteiger partial charge in [0.15, 0.2) is 5.15 Å². The van der Waals surface area contributed by atoms with E-state index in [2.05, 4.69) is 36.0 Å². The van der Waals surface area contributed by atoms with E-state index in [9.17, 15) is 4.79 Å². The Hall–Kier alpha value is -3.03. The molecule has 0 radical (unpaired) electrons. The van der Waals surface area contributed by atoms with Crippen molar-refractivity contribution >= 4 is 34.5 Å². The number of halogens is 1. The third-order valence-corrected chi connectivity index (χ3v) is 7.21. The van der Waals surface area contributed by atoms with E-state index in [1.54, 1.807) is 0 Å². The maximum atomic E-state index is 12.2. The van der Waals surface area contributed by atoms with E-state index in [0.29, 0.717) is 25.0 Å². The Morgan fingerprint density at radius 1 is 1.24 bits per heavy atom. The maximum absolute atomic E-state index is 12.2. The van der Waals surface area contributed by atoms with E-state index in [1.807, 2.05) is 41.9 Å². The van der Waals surface area contributed by atoms with E-state index in [-0.39, 0.29) is 17.9 Å². The summed E-state index contributed by atoms with van der Waals surface area (Å²) < 4.78 is 19.3. The normalized spacial score (nSPS) is 17.9. The van der Waals surface area contributed by atoms with Crippen LogP contribution in [0.5, 0.6) is 11.5 Å². The van der Waals surface area contributed by atoms with Gasteiger partial charge in [-0.15, -0.1) is 0 Å². The molecule has 1 saturated heterocycles. The molecule has 3 aromatic rings. The summed E-state index contributed by atoms with van der Waals surface area (Å²) in [6.45, 7) is 9.96. The Morgan fingerprint density at radius 2 is 2.11 bits per heavy atom. The molecule has 0 aliphatic carbocycles. The molecule has 196 valence electrons. The van der Waals surface area contributed by atoms with Crippen molar-refractivity contribution in [3.05, 3.63) is 58.3 Å². The first kappa shape index (κ1) is 25.6. The number of carbonyl (C=O) groups is 1. The minimum Gasteiger partial charge on any atom is -0.489 e. The van der Waals surface area contributed by atoms with Crippen molar-refractivity contribution < 1.29 is 19.0 Å². The lowest BCUT2D eigenvalue weighted by Crippen LogP contribution is -2.40. The molecule has 2 aromatic carbocycles. The van der Waals surface area contributed by atoms with Crippen molar-refractivity contribution in [3.63, 3.8) is 0 Å². The smallest absolute Gasteiger partial charge is 0.310 e. The minimum atomic E-state index is -0.0763. The first-order valence-corrected chi connectivity index (χ1v) is 13.4. The lowest BCUT2D eigenvalue weighted by atomic mass is 9.97. The number of fused-ring (bicyclic) bond motifs is 2. The highest BCUT2D eigenvalue weighted by atomic mass is 35.5. The third kappa shape index (κ3) is 5.78. The van der Waals surface area contributed by atoms with Crippen LogP contribution in [0.25, 0.3) is 17.0 Å². The van der Waals surface area contributed by atoms with Crippen LogP contribution in [-0.2, 0) is 16.1 Å². The van der Waals surface area contributed by atoms with Gasteiger partial charge >= 0.3 is 5.97 Å². The highest BCUT2D eigenvalue weighted by Crippen LogP contribution is 2.32. The highest BCUT2D eigenvalue weighted by molar-refractivity contribution is 6.34. The number of esters is 1. The molecule has 8 heteroatoms. The van der Waals surface area contributed by atoms with Gasteiger partial charge in [-0.1, -0.05) is 17.7 Å². The van der Waals surface area contributed by atoms with Gasteiger partial charge in [0.05, 0.1) is 18.0 Å². The van der Waals surface area contributed by atoms with Crippen molar-refractivity contribution in [1.29, 1.82) is 0 Å². The zero-order valence-corrected chi connectivity index (χ0v) is 22.5. The Bertz CT molecular complexity index is 1320. The number of benzene rings is 2. The van der Waals surface area contributed by atoms with E-state index >= 15 is 0 Å². The number of nitrogens with zero attached hydrogens (tertiary/aromatic N) is 3. The number of hydrogen-bond acceptors (Lipinski definition) is 6. The van der Waals surface area contributed by atoms with Crippen LogP contribution in [0.2, 0.25) is 5.15 Å². The number of carbonyl (C=O) groups excluding carboxylic acids is 1. The second kappa shape index (κ2) is 11.2. The molecular weight excluding hydrogens is 490 g/mol. The van der Waals surface area contributed by atoms with Crippen molar-refractivity contribution in [2.24, 2.45) is 5.92 Å². The fourth-order valence-electron chi connectivity index (χ4n) is 5.11. The molecule has 2 aliphatic heterocycles. The lowest BCUT2D eigenvalue weighted by molar-refractivity contribution is -0.149. The number of rotatable bonds is 8. The van der Waals surface area contributed by atoms with E-state index in [1.165, 1.54) is 5.57 Å². The second-order valence-electron chi connectivity index (χ2n) is 10.1. The molecule has 0 N–H and O–H groups in total. The third-order valence-electron chi connectivity index (χ3n) is 6.93. The van der Waals surface area contributed by atoms with Gasteiger partial charge in [-0.3, -0.25) is 14.4 Å². The Morgan fingerprint density at radius 3 is 2.92 bits per heavy atom. The number of aromatic nitrogens is 2. The predicted octanol–water partition coefficient (Wildman–Crippen LogP) is 5.90. The Kier molecular flexibility index (Phi) is 7.72. The highest BCUT2D eigenvalue weighted by Gasteiger charge is 2.27. The molecule has 7 nitrogen and oxygen atoms in total. The van der Waals surface area contributed by atoms with E-state index in [0.717, 1.165) is 66.0 Å². The molecule has 1 fully saturated rings. The van der Waals surface area contributed by atoms with Crippen molar-refractivity contribution in [1.82, 2.24) is 14.7 Å². The second-order valence-corrected chi connectivity index (χ2v) is 10.4. The van der Waals surface area contributed by atoms with Crippen LogP contribution in [-0.4, -0.2) is 53.5 Å². The lowest BCUT2D eigenvalue weighted by Gasteiger charge is -2.32. The fraction of sp³-hybridized carbons (Fsp3) is 0.448. The first-order chi connectivity index (χ1) is 17.9. The van der Waals surface area contributed by atoms with Crippen LogP contribution >= 0.6 is 11.6 Å². The molecule has 1 atom stereocenters. The molecule has 0 amide bonds. The van der Waals surface area contributed by atoms with Gasteiger partial charge in [0, 0.05) is 36.1 Å². The average Bonchev–Trinajstić information content (AvgIpc) is 3.24. The number of likely N-dealkylation sites (tertiary alicyclic amines) is 1. The SMILES string of the molecule is CCOC(=O)[C@@H]1CCCN(CC2=Cc3ccc(OCc4ccc5c(c4)c(Cl)nn5C(C)C)cc3OC2)C1. The van der Waals surface area contributed by atoms with Gasteiger partial charge in [0.25, 0.3) is 0 Å². The van der Waals surface area contributed by atoms with Crippen LogP contribution in [0.1, 0.15) is 50.8 Å². The molecule has 0 spiro atoms. The molecule has 0 saturated carbocycles. The predicted molar refractivity (Wildman–Crippen MR) is 145 cm³/mol. The average molecular weight is 524 g/mol. The van der Waals surface area contributed by atoms with Gasteiger partial charge in [0.1, 0.15) is 24.7 Å². The van der Waals surface area contributed by atoms with Gasteiger partial charge < -0.3 is 14.2 Å². The molecule has 3 heterocycles. The summed E-state index contributed by atoms with van der Waals surface area (Å²) >= 11 is 6.38. The van der Waals surface area contributed by atoms with Crippen LogP contribution in [0.4, 0.5) is 0 Å². The maximum Gasteiger partial charge on any atom is 0.310 e. The van der Waals surface area contributed by atoms with Crippen LogP contribution in [0.15, 0.2) is 42.0 Å². The fourth-order valence-corrected chi connectivity index (χ4v) is 5.34. The van der Waals surface area contributed by atoms with Crippen LogP contribution in [0.3, 0.4) is 0 Å². The summed E-state index contributed by atoms with van der Waals surface area (Å²) in [6, 6.07) is 12.3. The summed E-state index contributed by atoms with van der Waals surface area (Å²) in [7, 11) is 0. The van der Waals surface area contributed by atoms with Crippen molar-refractivity contribution in [2.45, 2.75) is 46.3 Å². The quantitative estimate of drug-likeness (QED) is 0.342. The Balaban J connectivity index is 1.21. The summed E-state index contributed by atoms with van der Waals surface area (Å²) in [6.07, 6.45) is 4.10. The number of ether oxygens (including phenoxy) is 3. The zero-order valence-electron chi connectivity index (χ0n) is 21.7. The van der Waals surface area contributed by atoms with E-state index < -0.39 is 0 Å². The standard InChI is InChI=1S/C29H34ClN3O4/c1-4-35-29(34)23-6-5-11-32(16-23)15-21-12-22-8-9-24(14-27(22)37-18-21)36-17-20-7-10-26-25(13-20)28(30)31-33(26)19(2)3/h7-10,12-14,19,23H,4-6,11,15-18H2,1-3H3/t23-/m1/s1. The molecule has 1 aromatic heterocycles. The monoisotopic (exact) mass is 523 g/mol. The molecule has 2 aliphatic rings. The summed E-state index contributed by atoms with van der Waals surface area (Å²) in [5, 5.41) is 5.90. The summed E-state index contributed by atoms with van der Waals surface area (Å²) in [4.78, 5) is 14.5. The van der Waals surface area contributed by atoms with Crippen LogP contribution < -0.4 is 9.47 Å². The Labute approximate surface area is 222 Å². The van der Waals surface area contributed by atoms with Crippen molar-refractivity contribution in [2.75, 3.05) is 32.8 Å². The van der Waals surface area contributed by atoms with Crippen molar-refractivity contribution in [3.8, 4) is 11.5 Å². The molecule has 37 heavy (non-hydrogen) atoms. The minimum absolute atomic E-state index is 0.0334. The molecular formula is C29H34ClN3O4. The van der Waals surface area contributed by atoms with Gasteiger partial charge in [0.2, 0.25) is 0 Å². The van der Waals surface area contributed by atoms with Gasteiger partial charge in [-0.05, 0) is 81.6 Å². The largest absolute Gasteiger partial charge is 0.489 e. The topological polar surface area (TPSA) is 65.8 Å². The summed E-state index contributed by atoms with van der Waals surface area (Å²) in [5.41, 5.74) is 4.30.